The molecule has 0 bridgehead atoms. The third kappa shape index (κ3) is 3.94. The van der Waals surface area contributed by atoms with Crippen molar-refractivity contribution in [3.8, 4) is 0 Å². The second-order valence-corrected chi connectivity index (χ2v) is 6.98. The van der Waals surface area contributed by atoms with Crippen molar-refractivity contribution in [3.05, 3.63) is 34.9 Å². The lowest BCUT2D eigenvalue weighted by molar-refractivity contribution is -0.136. The molecule has 140 valence electrons. The third-order valence-electron chi connectivity index (χ3n) is 4.92. The van der Waals surface area contributed by atoms with Gasteiger partial charge in [0.25, 0.3) is 5.91 Å². The molecule has 1 unspecified atom stereocenters. The van der Waals surface area contributed by atoms with Gasteiger partial charge in [0.1, 0.15) is 6.04 Å². The fraction of sp³-hybridized carbons (Fsp3) is 0.526. The second-order valence-electron chi connectivity index (χ2n) is 6.98. The first kappa shape index (κ1) is 18.5. The molecule has 1 aromatic carbocycles. The molecule has 0 aromatic heterocycles. The van der Waals surface area contributed by atoms with Crippen LogP contribution >= 0.6 is 0 Å². The molecule has 1 fully saturated rings. The maximum atomic E-state index is 12.6. The number of hydrogen-bond acceptors (Lipinski definition) is 5. The average Bonchev–Trinajstić information content (AvgIpc) is 2.91. The van der Waals surface area contributed by atoms with E-state index in [2.05, 4.69) is 29.8 Å². The third-order valence-corrected chi connectivity index (χ3v) is 4.92. The van der Waals surface area contributed by atoms with Crippen molar-refractivity contribution in [2.75, 3.05) is 13.1 Å². The first-order chi connectivity index (χ1) is 12.5. The van der Waals surface area contributed by atoms with Crippen LogP contribution in [0.4, 0.5) is 0 Å². The number of carbonyl (C=O) groups excluding carboxylic acids is 3. The fourth-order valence-corrected chi connectivity index (χ4v) is 3.59. The summed E-state index contributed by atoms with van der Waals surface area (Å²) >= 11 is 0. The summed E-state index contributed by atoms with van der Waals surface area (Å²) < 4.78 is 0. The average molecular weight is 358 g/mol. The number of nitrogens with one attached hydrogen (secondary N) is 3. The van der Waals surface area contributed by atoms with Gasteiger partial charge >= 0.3 is 0 Å². The van der Waals surface area contributed by atoms with Gasteiger partial charge in [-0.05, 0) is 37.1 Å². The Morgan fingerprint density at radius 2 is 2.12 bits per heavy atom. The minimum atomic E-state index is -0.560. The van der Waals surface area contributed by atoms with E-state index in [9.17, 15) is 14.4 Å². The summed E-state index contributed by atoms with van der Waals surface area (Å²) in [7, 11) is 0. The van der Waals surface area contributed by atoms with Crippen LogP contribution in [0.25, 0.3) is 0 Å². The maximum Gasteiger partial charge on any atom is 0.255 e. The summed E-state index contributed by atoms with van der Waals surface area (Å²) in [6, 6.07) is 5.67. The van der Waals surface area contributed by atoms with Crippen molar-refractivity contribution >= 4 is 17.7 Å². The first-order valence-corrected chi connectivity index (χ1v) is 9.20. The Morgan fingerprint density at radius 3 is 2.85 bits per heavy atom. The van der Waals surface area contributed by atoms with Gasteiger partial charge in [-0.15, -0.1) is 0 Å². The minimum absolute atomic E-state index is 0.130. The highest BCUT2D eigenvalue weighted by Crippen LogP contribution is 2.28. The van der Waals surface area contributed by atoms with Crippen molar-refractivity contribution in [3.63, 3.8) is 0 Å². The van der Waals surface area contributed by atoms with E-state index in [4.69, 9.17) is 0 Å². The van der Waals surface area contributed by atoms with Crippen LogP contribution in [0.15, 0.2) is 18.2 Å². The van der Waals surface area contributed by atoms with Crippen LogP contribution in [0.1, 0.15) is 48.2 Å². The van der Waals surface area contributed by atoms with Gasteiger partial charge in [0.15, 0.2) is 0 Å². The number of carbonyl (C=O) groups is 3. The van der Waals surface area contributed by atoms with Crippen molar-refractivity contribution in [1.82, 2.24) is 20.9 Å². The van der Waals surface area contributed by atoms with E-state index in [-0.39, 0.29) is 24.1 Å². The molecule has 0 aliphatic carbocycles. The zero-order chi connectivity index (χ0) is 18.7. The molecule has 2 aliphatic rings. The SMILES string of the molecule is CCN[C@H](C)CNCc1ccc2c(c1)CN(C1CCC(=O)NC1=O)C2=O. The van der Waals surface area contributed by atoms with Crippen LogP contribution < -0.4 is 16.0 Å². The van der Waals surface area contributed by atoms with Gasteiger partial charge < -0.3 is 15.5 Å². The highest BCUT2D eigenvalue weighted by atomic mass is 16.2. The van der Waals surface area contributed by atoms with Gasteiger partial charge in [0, 0.05) is 37.7 Å². The molecule has 2 aliphatic heterocycles. The van der Waals surface area contributed by atoms with Crippen LogP contribution in [-0.2, 0) is 22.7 Å². The summed E-state index contributed by atoms with van der Waals surface area (Å²) in [6.07, 6.45) is 0.663. The summed E-state index contributed by atoms with van der Waals surface area (Å²) in [5.41, 5.74) is 2.71. The Bertz CT molecular complexity index is 719. The molecule has 7 heteroatoms. The van der Waals surface area contributed by atoms with Crippen LogP contribution in [0, 0.1) is 0 Å². The van der Waals surface area contributed by atoms with Gasteiger partial charge in [-0.25, -0.2) is 0 Å². The van der Waals surface area contributed by atoms with E-state index in [1.165, 1.54) is 0 Å². The van der Waals surface area contributed by atoms with E-state index < -0.39 is 6.04 Å². The summed E-state index contributed by atoms with van der Waals surface area (Å²) in [4.78, 5) is 37.6. The number of fused-ring (bicyclic) bond motifs is 1. The van der Waals surface area contributed by atoms with Gasteiger partial charge in [-0.1, -0.05) is 19.1 Å². The second kappa shape index (κ2) is 7.97. The molecule has 0 radical (unpaired) electrons. The van der Waals surface area contributed by atoms with Crippen LogP contribution in [-0.4, -0.2) is 47.8 Å². The van der Waals surface area contributed by atoms with Crippen molar-refractivity contribution in [2.45, 2.75) is 51.9 Å². The highest BCUT2D eigenvalue weighted by Gasteiger charge is 2.38. The predicted molar refractivity (Wildman–Crippen MR) is 97.3 cm³/mol. The van der Waals surface area contributed by atoms with E-state index in [0.717, 1.165) is 30.8 Å². The maximum absolute atomic E-state index is 12.6. The van der Waals surface area contributed by atoms with Crippen molar-refractivity contribution in [2.24, 2.45) is 0 Å². The van der Waals surface area contributed by atoms with Crippen molar-refractivity contribution < 1.29 is 14.4 Å². The monoisotopic (exact) mass is 358 g/mol. The molecule has 2 heterocycles. The van der Waals surface area contributed by atoms with Gasteiger partial charge in [-0.3, -0.25) is 19.7 Å². The smallest absolute Gasteiger partial charge is 0.255 e. The molecule has 3 rings (SSSR count). The molecular weight excluding hydrogens is 332 g/mol. The van der Waals surface area contributed by atoms with E-state index in [1.807, 2.05) is 18.2 Å². The number of benzene rings is 1. The molecule has 1 saturated heterocycles. The van der Waals surface area contributed by atoms with Crippen molar-refractivity contribution in [1.29, 1.82) is 0 Å². The molecule has 0 spiro atoms. The number of rotatable bonds is 7. The lowest BCUT2D eigenvalue weighted by Gasteiger charge is -2.29. The lowest BCUT2D eigenvalue weighted by atomic mass is 10.0. The number of imide groups is 1. The molecule has 26 heavy (non-hydrogen) atoms. The highest BCUT2D eigenvalue weighted by molar-refractivity contribution is 6.05. The Kier molecular flexibility index (Phi) is 5.68. The summed E-state index contributed by atoms with van der Waals surface area (Å²) in [6.45, 7) is 7.18. The molecule has 1 aromatic rings. The number of piperidine rings is 1. The van der Waals surface area contributed by atoms with Gasteiger partial charge in [0.05, 0.1) is 0 Å². The number of nitrogens with zero attached hydrogens (tertiary/aromatic N) is 1. The standard InChI is InChI=1S/C19H26N4O3/c1-3-21-12(2)9-20-10-13-4-5-15-14(8-13)11-23(19(15)26)16-6-7-17(24)22-18(16)25/h4-5,8,12,16,20-21H,3,6-7,9-11H2,1-2H3,(H,22,24,25)/t12-,16?/m1/s1. The van der Waals surface area contributed by atoms with Crippen LogP contribution in [0.5, 0.6) is 0 Å². The number of likely N-dealkylation sites (N-methyl/N-ethyl adjacent to an activating group) is 1. The van der Waals surface area contributed by atoms with Crippen LogP contribution in [0.2, 0.25) is 0 Å². The van der Waals surface area contributed by atoms with Gasteiger partial charge in [0.2, 0.25) is 11.8 Å². The first-order valence-electron chi connectivity index (χ1n) is 9.20. The predicted octanol–water partition coefficient (Wildman–Crippen LogP) is 0.535. The Morgan fingerprint density at radius 1 is 1.31 bits per heavy atom. The molecule has 2 atom stereocenters. The van der Waals surface area contributed by atoms with E-state index in [1.54, 1.807) is 4.90 Å². The Hall–Kier alpha value is -2.25. The lowest BCUT2D eigenvalue weighted by Crippen LogP contribution is -2.52. The normalized spacial score (nSPS) is 20.9. The van der Waals surface area contributed by atoms with Crippen LogP contribution in [0.3, 0.4) is 0 Å². The largest absolute Gasteiger partial charge is 0.322 e. The zero-order valence-corrected chi connectivity index (χ0v) is 15.3. The van der Waals surface area contributed by atoms with Gasteiger partial charge in [-0.2, -0.15) is 0 Å². The quantitative estimate of drug-likeness (QED) is 0.619. The van der Waals surface area contributed by atoms with E-state index in [0.29, 0.717) is 24.6 Å². The number of hydrogen-bond donors (Lipinski definition) is 3. The molecule has 7 nitrogen and oxygen atoms in total. The Balaban J connectivity index is 1.63. The molecule has 3 N–H and O–H groups in total. The molecular formula is C19H26N4O3. The summed E-state index contributed by atoms with van der Waals surface area (Å²) in [5, 5.41) is 9.09. The topological polar surface area (TPSA) is 90.5 Å². The zero-order valence-electron chi connectivity index (χ0n) is 15.3. The fourth-order valence-electron chi connectivity index (χ4n) is 3.59. The Labute approximate surface area is 153 Å². The number of amides is 3. The summed E-state index contributed by atoms with van der Waals surface area (Å²) in [5.74, 6) is -0.771. The van der Waals surface area contributed by atoms with E-state index >= 15 is 0 Å². The molecule has 0 saturated carbocycles. The minimum Gasteiger partial charge on any atom is -0.322 e. The molecule has 3 amide bonds.